The van der Waals surface area contributed by atoms with Crippen LogP contribution in [0.1, 0.15) is 43.4 Å². The highest BCUT2D eigenvalue weighted by Gasteiger charge is 2.29. The molecule has 9 heteroatoms. The number of nitrogens with two attached hydrogens (primary N) is 2. The van der Waals surface area contributed by atoms with Gasteiger partial charge in [-0.3, -0.25) is 15.6 Å². The number of nitrogen functional groups attached to an aromatic ring is 1. The van der Waals surface area contributed by atoms with Crippen LogP contribution in [0.3, 0.4) is 0 Å². The van der Waals surface area contributed by atoms with Gasteiger partial charge >= 0.3 is 6.61 Å². The Labute approximate surface area is 168 Å². The number of nitrogens with one attached hydrogen (secondary N) is 1. The van der Waals surface area contributed by atoms with Gasteiger partial charge in [-0.1, -0.05) is 6.07 Å². The summed E-state index contributed by atoms with van der Waals surface area (Å²) in [5, 5.41) is 0. The zero-order valence-electron chi connectivity index (χ0n) is 16.1. The van der Waals surface area contributed by atoms with E-state index in [1.165, 1.54) is 6.07 Å². The van der Waals surface area contributed by atoms with Gasteiger partial charge in [0, 0.05) is 17.8 Å². The minimum absolute atomic E-state index is 0.0374. The van der Waals surface area contributed by atoms with Gasteiger partial charge in [-0.25, -0.2) is 0 Å². The van der Waals surface area contributed by atoms with Crippen molar-refractivity contribution in [2.24, 2.45) is 11.6 Å². The van der Waals surface area contributed by atoms with E-state index >= 15 is 0 Å². The van der Waals surface area contributed by atoms with Crippen molar-refractivity contribution in [3.63, 3.8) is 0 Å². The molecule has 1 heterocycles. The Hall–Kier alpha value is -2.94. The number of ether oxygens (including phenoxy) is 1. The Kier molecular flexibility index (Phi) is 6.48. The molecule has 0 aliphatic heterocycles. The first kappa shape index (κ1) is 20.8. The van der Waals surface area contributed by atoms with Crippen LogP contribution in [-0.4, -0.2) is 23.5 Å². The van der Waals surface area contributed by atoms with Gasteiger partial charge in [0.2, 0.25) is 5.91 Å². The highest BCUT2D eigenvalue weighted by Crippen LogP contribution is 2.38. The summed E-state index contributed by atoms with van der Waals surface area (Å²) in [4.78, 5) is 18.3. The zero-order valence-corrected chi connectivity index (χ0v) is 16.1. The van der Waals surface area contributed by atoms with Crippen molar-refractivity contribution >= 4 is 17.3 Å². The second kappa shape index (κ2) is 9.04. The number of benzene rings is 1. The summed E-state index contributed by atoms with van der Waals surface area (Å²) >= 11 is 0. The summed E-state index contributed by atoms with van der Waals surface area (Å²) in [7, 11) is 0. The molecule has 1 aromatic carbocycles. The van der Waals surface area contributed by atoms with Crippen LogP contribution in [0.5, 0.6) is 5.75 Å². The molecule has 0 spiro atoms. The van der Waals surface area contributed by atoms with Gasteiger partial charge in [0.15, 0.2) is 0 Å². The Morgan fingerprint density at radius 1 is 1.34 bits per heavy atom. The second-order valence-electron chi connectivity index (χ2n) is 7.12. The number of hydrazine groups is 1. The minimum Gasteiger partial charge on any atom is -0.435 e. The van der Waals surface area contributed by atoms with Gasteiger partial charge in [-0.15, -0.1) is 0 Å². The predicted molar refractivity (Wildman–Crippen MR) is 107 cm³/mol. The highest BCUT2D eigenvalue weighted by atomic mass is 19.3. The molecule has 5 N–H and O–H groups in total. The highest BCUT2D eigenvalue weighted by molar-refractivity contribution is 5.84. The Morgan fingerprint density at radius 2 is 2.10 bits per heavy atom. The number of carbonyl (C=O) groups is 1. The maximum atomic E-state index is 12.8. The fourth-order valence-electron chi connectivity index (χ4n) is 3.36. The van der Waals surface area contributed by atoms with E-state index in [1.54, 1.807) is 25.3 Å². The third-order valence-corrected chi connectivity index (χ3v) is 5.27. The van der Waals surface area contributed by atoms with E-state index in [-0.39, 0.29) is 11.8 Å². The summed E-state index contributed by atoms with van der Waals surface area (Å²) in [6, 6.07) is 8.48. The van der Waals surface area contributed by atoms with Crippen molar-refractivity contribution in [2.45, 2.75) is 51.3 Å². The Bertz CT molecular complexity index is 843. The van der Waals surface area contributed by atoms with Crippen LogP contribution in [0, 0.1) is 0 Å². The first-order chi connectivity index (χ1) is 13.9. The minimum atomic E-state index is -2.93. The average Bonchev–Trinajstić information content (AvgIpc) is 2.65. The molecule has 0 saturated heterocycles. The van der Waals surface area contributed by atoms with Crippen LogP contribution in [0.2, 0.25) is 0 Å². The third-order valence-electron chi connectivity index (χ3n) is 5.27. The molecule has 1 saturated carbocycles. The zero-order chi connectivity index (χ0) is 21.0. The van der Waals surface area contributed by atoms with Crippen molar-refractivity contribution in [2.75, 3.05) is 10.3 Å². The number of nitrogens with zero attached hydrogens (tertiary/aromatic N) is 2. The van der Waals surface area contributed by atoms with E-state index in [2.05, 4.69) is 20.0 Å². The maximum Gasteiger partial charge on any atom is 0.387 e. The molecule has 2 aromatic rings. The normalized spacial score (nSPS) is 14.9. The molecule has 1 aromatic heterocycles. The van der Waals surface area contributed by atoms with Crippen molar-refractivity contribution in [1.82, 2.24) is 4.98 Å². The molecule has 3 rings (SSSR count). The number of hydrogen-bond donors (Lipinski definition) is 3. The molecular weight excluding hydrogens is 380 g/mol. The molecule has 1 fully saturated rings. The van der Waals surface area contributed by atoms with E-state index in [9.17, 15) is 13.6 Å². The first-order valence-electron chi connectivity index (χ1n) is 9.45. The number of primary amides is 1. The fraction of sp³-hybridized carbons (Fsp3) is 0.400. The lowest BCUT2D eigenvalue weighted by molar-refractivity contribution is -0.119. The van der Waals surface area contributed by atoms with E-state index < -0.39 is 18.4 Å². The molecule has 1 amide bonds. The molecular formula is C20H25F2N5O2. The summed E-state index contributed by atoms with van der Waals surface area (Å²) in [6.07, 6.45) is 4.63. The Morgan fingerprint density at radius 3 is 2.62 bits per heavy atom. The van der Waals surface area contributed by atoms with Gasteiger partial charge in [0.1, 0.15) is 5.75 Å². The molecule has 0 bridgehead atoms. The summed E-state index contributed by atoms with van der Waals surface area (Å²) < 4.78 is 30.1. The van der Waals surface area contributed by atoms with E-state index in [1.807, 2.05) is 12.1 Å². The number of hydrogen-bond acceptors (Lipinski definition) is 6. The number of pyridine rings is 1. The van der Waals surface area contributed by atoms with Crippen LogP contribution in [0.4, 0.5) is 20.2 Å². The predicted octanol–water partition coefficient (Wildman–Crippen LogP) is 3.12. The molecule has 7 nitrogen and oxygen atoms in total. The number of halogens is 2. The lowest BCUT2D eigenvalue weighted by Crippen LogP contribution is -2.41. The van der Waals surface area contributed by atoms with Gasteiger partial charge in [-0.2, -0.15) is 8.78 Å². The number of alkyl halides is 2. The van der Waals surface area contributed by atoms with Crippen molar-refractivity contribution in [3.05, 3.63) is 47.8 Å². The number of aromatic nitrogens is 1. The maximum absolute atomic E-state index is 12.8. The first-order valence-corrected chi connectivity index (χ1v) is 9.45. The van der Waals surface area contributed by atoms with Gasteiger partial charge in [0.25, 0.3) is 0 Å². The summed E-state index contributed by atoms with van der Waals surface area (Å²) in [6.45, 7) is -0.780. The monoisotopic (exact) mass is 405 g/mol. The summed E-state index contributed by atoms with van der Waals surface area (Å²) in [5.74, 6) is 4.36. The molecule has 1 aliphatic carbocycles. The van der Waals surface area contributed by atoms with Gasteiger partial charge in [-0.05, 0) is 49.9 Å². The topological polar surface area (TPSA) is 106 Å². The van der Waals surface area contributed by atoms with Crippen molar-refractivity contribution in [3.8, 4) is 5.75 Å². The molecule has 156 valence electrons. The summed E-state index contributed by atoms with van der Waals surface area (Å²) in [5.41, 5.74) is 10.8. The van der Waals surface area contributed by atoms with E-state index in [0.29, 0.717) is 23.5 Å². The van der Waals surface area contributed by atoms with Crippen LogP contribution in [0.15, 0.2) is 36.5 Å². The average molecular weight is 405 g/mol. The fourth-order valence-corrected chi connectivity index (χ4v) is 3.36. The molecule has 0 radical (unpaired) electrons. The van der Waals surface area contributed by atoms with Crippen molar-refractivity contribution in [1.29, 1.82) is 0 Å². The second-order valence-corrected chi connectivity index (χ2v) is 7.12. The number of amides is 1. The standard InChI is InChI=1S/C20H25F2N5O2/c1-12(19(23)28)17-8-7-16(29-20(21)22)9-18(17)27(15-3-2-4-15)11-14-6-5-13(26-24)10-25-14/h5-10,12,15,20,26H,2-4,11,24H2,1H3,(H2,23,28). The molecule has 29 heavy (non-hydrogen) atoms. The van der Waals surface area contributed by atoms with Gasteiger partial charge < -0.3 is 20.8 Å². The van der Waals surface area contributed by atoms with Crippen molar-refractivity contribution < 1.29 is 18.3 Å². The quantitative estimate of drug-likeness (QED) is 0.437. The van der Waals surface area contributed by atoms with Crippen LogP contribution in [-0.2, 0) is 11.3 Å². The van der Waals surface area contributed by atoms with Gasteiger partial charge in [0.05, 0.1) is 30.0 Å². The molecule has 1 atom stereocenters. The van der Waals surface area contributed by atoms with Crippen LogP contribution >= 0.6 is 0 Å². The lowest BCUT2D eigenvalue weighted by Gasteiger charge is -2.40. The van der Waals surface area contributed by atoms with E-state index in [0.717, 1.165) is 25.0 Å². The number of rotatable bonds is 9. The van der Waals surface area contributed by atoms with Crippen LogP contribution in [0.25, 0.3) is 0 Å². The number of anilines is 2. The SMILES string of the molecule is CC(C(N)=O)c1ccc(OC(F)F)cc1N(Cc1ccc(NN)cn1)C1CCC1. The molecule has 1 unspecified atom stereocenters. The largest absolute Gasteiger partial charge is 0.435 e. The van der Waals surface area contributed by atoms with Crippen LogP contribution < -0.4 is 26.6 Å². The van der Waals surface area contributed by atoms with E-state index in [4.69, 9.17) is 11.6 Å². The Balaban J connectivity index is 2.00. The third kappa shape index (κ3) is 4.92. The lowest BCUT2D eigenvalue weighted by atomic mass is 9.89. The smallest absolute Gasteiger partial charge is 0.387 e. The molecule has 1 aliphatic rings. The number of carbonyl (C=O) groups excluding carboxylic acids is 1.